The number of thiophene rings is 1. The lowest BCUT2D eigenvalue weighted by Gasteiger charge is -2.30. The number of ether oxygens (including phenoxy) is 1. The van der Waals surface area contributed by atoms with Gasteiger partial charge in [0.25, 0.3) is 11.5 Å². The van der Waals surface area contributed by atoms with Crippen LogP contribution in [0.3, 0.4) is 0 Å². The number of hydrogen-bond donors (Lipinski definition) is 1. The molecule has 1 amide bonds. The van der Waals surface area contributed by atoms with Gasteiger partial charge >= 0.3 is 18.3 Å². The second-order valence-corrected chi connectivity index (χ2v) is 11.0. The Balaban J connectivity index is 1.61. The van der Waals surface area contributed by atoms with E-state index in [2.05, 4.69) is 15.2 Å². The van der Waals surface area contributed by atoms with Crippen molar-refractivity contribution in [3.05, 3.63) is 53.6 Å². The number of fused-ring (bicyclic) bond motifs is 1. The minimum absolute atomic E-state index is 0.0543. The zero-order valence-corrected chi connectivity index (χ0v) is 22.6. The topological polar surface area (TPSA) is 77.0 Å². The third kappa shape index (κ3) is 6.10. The number of hydrogen-bond acceptors (Lipinski definition) is 6. The molecule has 39 heavy (non-hydrogen) atoms. The Hall–Kier alpha value is -2.22. The van der Waals surface area contributed by atoms with Crippen molar-refractivity contribution in [2.24, 2.45) is 5.16 Å². The van der Waals surface area contributed by atoms with Crippen molar-refractivity contribution in [3.63, 3.8) is 0 Å². The molecule has 1 atom stereocenters. The first-order valence-corrected chi connectivity index (χ1v) is 13.2. The maximum absolute atomic E-state index is 14.4. The lowest BCUT2D eigenvalue weighted by Crippen LogP contribution is -2.42. The molecule has 2 aliphatic rings. The summed E-state index contributed by atoms with van der Waals surface area (Å²) in [6, 6.07) is 2.00. The fourth-order valence-corrected chi connectivity index (χ4v) is 6.20. The average molecular weight is 638 g/mol. The molecule has 1 N–H and O–H groups in total. The van der Waals surface area contributed by atoms with Crippen LogP contribution in [-0.4, -0.2) is 43.1 Å². The largest absolute Gasteiger partial charge is 0.455 e. The Labute approximate surface area is 236 Å². The first-order valence-electron chi connectivity index (χ1n) is 11.3. The first kappa shape index (κ1) is 29.8. The maximum Gasteiger partial charge on any atom is 0.435 e. The Morgan fingerprint density at radius 3 is 2.26 bits per heavy atom. The Kier molecular flexibility index (Phi) is 8.38. The van der Waals surface area contributed by atoms with Crippen LogP contribution in [0, 0.1) is 0 Å². The zero-order chi connectivity index (χ0) is 28.8. The normalized spacial score (nSPS) is 19.3. The highest BCUT2D eigenvalue weighted by atomic mass is 35.5. The number of amides is 1. The van der Waals surface area contributed by atoms with Gasteiger partial charge in [0.1, 0.15) is 12.3 Å². The molecule has 0 saturated carbocycles. The van der Waals surface area contributed by atoms with Crippen molar-refractivity contribution >= 4 is 63.7 Å². The van der Waals surface area contributed by atoms with Gasteiger partial charge in [-0.25, -0.2) is 0 Å². The van der Waals surface area contributed by atoms with Gasteiger partial charge in [0, 0.05) is 5.56 Å². The molecule has 1 unspecified atom stereocenters. The van der Waals surface area contributed by atoms with Crippen molar-refractivity contribution in [2.75, 3.05) is 13.2 Å². The average Bonchev–Trinajstić information content (AvgIpc) is 3.47. The van der Waals surface area contributed by atoms with Crippen LogP contribution in [0.4, 0.5) is 26.3 Å². The minimum Gasteiger partial charge on any atom is -0.455 e. The summed E-state index contributed by atoms with van der Waals surface area (Å²) in [5.74, 6) is -2.07. The molecule has 0 fully saturated rings. The summed E-state index contributed by atoms with van der Waals surface area (Å²) in [4.78, 5) is 29.9. The summed E-state index contributed by atoms with van der Waals surface area (Å²) < 4.78 is 84.1. The van der Waals surface area contributed by atoms with Crippen LogP contribution in [0.2, 0.25) is 15.1 Å². The second-order valence-electron chi connectivity index (χ2n) is 8.77. The molecule has 2 heterocycles. The maximum atomic E-state index is 14.4. The van der Waals surface area contributed by atoms with Crippen LogP contribution in [0.15, 0.2) is 17.3 Å². The molecule has 1 aromatic carbocycles. The number of alkyl halides is 6. The van der Waals surface area contributed by atoms with Crippen LogP contribution in [0.5, 0.6) is 0 Å². The van der Waals surface area contributed by atoms with E-state index in [9.17, 15) is 35.9 Å². The van der Waals surface area contributed by atoms with E-state index >= 15 is 0 Å². The number of rotatable bonds is 6. The van der Waals surface area contributed by atoms with Crippen molar-refractivity contribution < 1.29 is 45.5 Å². The number of carbonyl (C=O) groups is 2. The van der Waals surface area contributed by atoms with Gasteiger partial charge in [-0.05, 0) is 48.9 Å². The molecule has 212 valence electrons. The monoisotopic (exact) mass is 636 g/mol. The fraction of sp³-hybridized carbons (Fsp3) is 0.435. The third-order valence-electron chi connectivity index (χ3n) is 6.11. The van der Waals surface area contributed by atoms with Gasteiger partial charge in [-0.3, -0.25) is 9.59 Å². The minimum atomic E-state index is -4.95. The lowest BCUT2D eigenvalue weighted by molar-refractivity contribution is -0.275. The van der Waals surface area contributed by atoms with Crippen LogP contribution in [0.1, 0.15) is 50.5 Å². The standard InChI is InChI=1S/C23H17Cl3F6N2O4S/c24-13-5-10(6-14(25)17(13)26)21(23(30,31)32)7-15(34-38-21)18-11-3-1-2-4-12(11)19(39-18)20(36)33-8-16(35)37-9-22(27,28)29/h5-6H,1-4,7-9H2,(H,33,36). The number of nitrogens with zero attached hydrogens (tertiary/aromatic N) is 1. The number of benzene rings is 1. The van der Waals surface area contributed by atoms with Gasteiger partial charge in [0.05, 0.1) is 31.2 Å². The van der Waals surface area contributed by atoms with Gasteiger partial charge < -0.3 is 14.9 Å². The number of esters is 1. The van der Waals surface area contributed by atoms with Gasteiger partial charge in [0.2, 0.25) is 0 Å². The second kappa shape index (κ2) is 11.0. The highest BCUT2D eigenvalue weighted by Gasteiger charge is 2.63. The number of halogens is 9. The summed E-state index contributed by atoms with van der Waals surface area (Å²) in [6.07, 6.45) is -8.11. The van der Waals surface area contributed by atoms with Gasteiger partial charge in [-0.2, -0.15) is 26.3 Å². The quantitative estimate of drug-likeness (QED) is 0.210. The molecule has 0 bridgehead atoms. The molecule has 16 heteroatoms. The molecule has 2 aromatic rings. The van der Waals surface area contributed by atoms with E-state index in [1.54, 1.807) is 0 Å². The van der Waals surface area contributed by atoms with E-state index in [0.29, 0.717) is 41.7 Å². The lowest BCUT2D eigenvalue weighted by atomic mass is 9.85. The van der Waals surface area contributed by atoms with Gasteiger partial charge in [-0.1, -0.05) is 40.0 Å². The SMILES string of the molecule is O=C(CNC(=O)c1sc(C2=NOC(c3cc(Cl)c(Cl)c(Cl)c3)(C(F)(F)F)C2)c2c1CCCC2)OCC(F)(F)F. The Morgan fingerprint density at radius 1 is 1.05 bits per heavy atom. The van der Waals surface area contributed by atoms with E-state index < -0.39 is 55.0 Å². The molecular formula is C23H17Cl3F6N2O4S. The van der Waals surface area contributed by atoms with Crippen molar-refractivity contribution in [3.8, 4) is 0 Å². The number of nitrogens with one attached hydrogen (secondary N) is 1. The Morgan fingerprint density at radius 2 is 1.67 bits per heavy atom. The predicted octanol–water partition coefficient (Wildman–Crippen LogP) is 7.00. The fourth-order valence-electron chi connectivity index (χ4n) is 4.31. The van der Waals surface area contributed by atoms with Crippen LogP contribution >= 0.6 is 46.1 Å². The first-order chi connectivity index (χ1) is 18.1. The molecule has 6 nitrogen and oxygen atoms in total. The molecule has 1 aromatic heterocycles. The van der Waals surface area contributed by atoms with E-state index in [1.165, 1.54) is 0 Å². The van der Waals surface area contributed by atoms with Crippen molar-refractivity contribution in [1.29, 1.82) is 0 Å². The molecule has 0 radical (unpaired) electrons. The highest BCUT2D eigenvalue weighted by molar-refractivity contribution is 7.16. The highest BCUT2D eigenvalue weighted by Crippen LogP contribution is 2.51. The molecule has 1 aliphatic carbocycles. The summed E-state index contributed by atoms with van der Waals surface area (Å²) in [5.41, 5.74) is -2.18. The van der Waals surface area contributed by atoms with E-state index in [0.717, 1.165) is 23.5 Å². The summed E-state index contributed by atoms with van der Waals surface area (Å²) >= 11 is 18.7. The van der Waals surface area contributed by atoms with E-state index in [1.807, 2.05) is 0 Å². The summed E-state index contributed by atoms with van der Waals surface area (Å²) in [6.45, 7) is -2.62. The molecular weight excluding hydrogens is 621 g/mol. The summed E-state index contributed by atoms with van der Waals surface area (Å²) in [7, 11) is 0. The van der Waals surface area contributed by atoms with Gasteiger partial charge in [0.15, 0.2) is 6.61 Å². The van der Waals surface area contributed by atoms with Crippen LogP contribution in [0.25, 0.3) is 0 Å². The van der Waals surface area contributed by atoms with Crippen LogP contribution < -0.4 is 5.32 Å². The molecule has 0 spiro atoms. The molecule has 0 saturated heterocycles. The predicted molar refractivity (Wildman–Crippen MR) is 132 cm³/mol. The molecule has 4 rings (SSSR count). The molecule has 1 aliphatic heterocycles. The smallest absolute Gasteiger partial charge is 0.435 e. The van der Waals surface area contributed by atoms with E-state index in [4.69, 9.17) is 39.6 Å². The van der Waals surface area contributed by atoms with Crippen molar-refractivity contribution in [2.45, 2.75) is 50.1 Å². The van der Waals surface area contributed by atoms with Crippen LogP contribution in [-0.2, 0) is 32.8 Å². The zero-order valence-electron chi connectivity index (χ0n) is 19.5. The Bertz CT molecular complexity index is 1320. The van der Waals surface area contributed by atoms with Gasteiger partial charge in [-0.15, -0.1) is 11.3 Å². The van der Waals surface area contributed by atoms with Crippen molar-refractivity contribution in [1.82, 2.24) is 5.32 Å². The number of oxime groups is 1. The van der Waals surface area contributed by atoms with E-state index in [-0.39, 0.29) is 25.7 Å². The summed E-state index contributed by atoms with van der Waals surface area (Å²) in [5, 5.41) is 5.44. The number of carbonyl (C=O) groups excluding carboxylic acids is 2. The third-order valence-corrected chi connectivity index (χ3v) is 8.63.